The van der Waals surface area contributed by atoms with Gasteiger partial charge in [0, 0.05) is 22.7 Å². The molecule has 0 saturated carbocycles. The van der Waals surface area contributed by atoms with Crippen molar-refractivity contribution in [1.82, 2.24) is 4.90 Å². The fourth-order valence-corrected chi connectivity index (χ4v) is 5.50. The quantitative estimate of drug-likeness (QED) is 0.451. The Kier molecular flexibility index (Phi) is 8.52. The van der Waals surface area contributed by atoms with Gasteiger partial charge in [-0.3, -0.25) is 14.5 Å². The van der Waals surface area contributed by atoms with Crippen LogP contribution in [0.5, 0.6) is 0 Å². The van der Waals surface area contributed by atoms with Crippen molar-refractivity contribution in [3.8, 4) is 6.07 Å². The number of amides is 2. The predicted molar refractivity (Wildman–Crippen MR) is 128 cm³/mol. The number of hydrogen-bond donors (Lipinski definition) is 2. The van der Waals surface area contributed by atoms with Gasteiger partial charge >= 0.3 is 0 Å². The zero-order valence-corrected chi connectivity index (χ0v) is 19.6. The molecule has 0 saturated heterocycles. The summed E-state index contributed by atoms with van der Waals surface area (Å²) in [5.74, 6) is -0.244. The largest absolute Gasteiger partial charge is 0.324 e. The third kappa shape index (κ3) is 6.33. The Bertz CT molecular complexity index is 980. The van der Waals surface area contributed by atoms with Gasteiger partial charge in [0.25, 0.3) is 0 Å². The predicted octanol–water partition coefficient (Wildman–Crippen LogP) is 4.51. The number of thiophene rings is 1. The summed E-state index contributed by atoms with van der Waals surface area (Å²) in [6, 6.07) is 9.97. The minimum Gasteiger partial charge on any atom is -0.324 e. The molecule has 0 radical (unpaired) electrons. The first kappa shape index (κ1) is 23.3. The molecule has 1 aliphatic carbocycles. The van der Waals surface area contributed by atoms with Gasteiger partial charge in [0.15, 0.2) is 0 Å². The monoisotopic (exact) mass is 456 g/mol. The number of nitriles is 1. The first-order chi connectivity index (χ1) is 15.0. The second kappa shape index (κ2) is 11.3. The first-order valence-corrected chi connectivity index (χ1v) is 12.5. The van der Waals surface area contributed by atoms with Crippen LogP contribution in [0.1, 0.15) is 41.7 Å². The van der Waals surface area contributed by atoms with Crippen LogP contribution in [-0.4, -0.2) is 43.1 Å². The molecule has 31 heavy (non-hydrogen) atoms. The number of benzene rings is 1. The molecule has 1 aromatic carbocycles. The number of aryl methyl sites for hydroxylation is 1. The van der Waals surface area contributed by atoms with Crippen molar-refractivity contribution in [1.29, 1.82) is 5.26 Å². The van der Waals surface area contributed by atoms with Crippen molar-refractivity contribution >= 4 is 45.6 Å². The van der Waals surface area contributed by atoms with E-state index in [1.807, 2.05) is 42.5 Å². The zero-order valence-electron chi connectivity index (χ0n) is 18.0. The molecule has 0 bridgehead atoms. The van der Waals surface area contributed by atoms with Crippen LogP contribution in [-0.2, 0) is 22.4 Å². The van der Waals surface area contributed by atoms with Crippen LogP contribution in [0.15, 0.2) is 29.2 Å². The molecular weight excluding hydrogens is 428 g/mol. The van der Waals surface area contributed by atoms with Crippen molar-refractivity contribution < 1.29 is 9.59 Å². The summed E-state index contributed by atoms with van der Waals surface area (Å²) in [6.45, 7) is 0.656. The van der Waals surface area contributed by atoms with E-state index in [0.717, 1.165) is 41.8 Å². The highest BCUT2D eigenvalue weighted by Gasteiger charge is 2.21. The van der Waals surface area contributed by atoms with E-state index in [4.69, 9.17) is 0 Å². The minimum atomic E-state index is -0.132. The van der Waals surface area contributed by atoms with Crippen LogP contribution < -0.4 is 10.6 Å². The lowest BCUT2D eigenvalue weighted by molar-refractivity contribution is -0.119. The van der Waals surface area contributed by atoms with E-state index in [9.17, 15) is 14.9 Å². The third-order valence-electron chi connectivity index (χ3n) is 5.30. The maximum atomic E-state index is 12.5. The summed E-state index contributed by atoms with van der Waals surface area (Å²) >= 11 is 3.13. The highest BCUT2D eigenvalue weighted by molar-refractivity contribution is 7.98. The van der Waals surface area contributed by atoms with Crippen LogP contribution >= 0.6 is 23.1 Å². The molecule has 0 atom stereocenters. The number of carbonyl (C=O) groups excluding carboxylic acids is 2. The van der Waals surface area contributed by atoms with Gasteiger partial charge in [0.2, 0.25) is 11.8 Å². The van der Waals surface area contributed by atoms with Crippen molar-refractivity contribution in [3.63, 3.8) is 0 Å². The molecule has 164 valence electrons. The van der Waals surface area contributed by atoms with Crippen LogP contribution in [0.4, 0.5) is 10.7 Å². The van der Waals surface area contributed by atoms with Crippen molar-refractivity contribution in [2.45, 2.75) is 43.4 Å². The molecular formula is C23H28N4O2S2. The molecule has 3 rings (SSSR count). The lowest BCUT2D eigenvalue weighted by atomic mass is 10.1. The standard InChI is InChI=1S/C23H28N4O2S2/c1-27(15-22(29)25-18-9-6-7-11-20(18)30-2)13-12-21(28)26-23-17(14-24)16-8-4-3-5-10-19(16)31-23/h6-7,9,11H,3-5,8,10,12-13,15H2,1-2H3,(H,25,29)(H,26,28). The second-order valence-corrected chi connectivity index (χ2v) is 9.62. The van der Waals surface area contributed by atoms with Crippen molar-refractivity contribution in [2.24, 2.45) is 0 Å². The van der Waals surface area contributed by atoms with Crippen molar-refractivity contribution in [3.05, 3.63) is 40.3 Å². The van der Waals surface area contributed by atoms with E-state index in [2.05, 4.69) is 16.7 Å². The van der Waals surface area contributed by atoms with Crippen LogP contribution in [0.2, 0.25) is 0 Å². The number of thioether (sulfide) groups is 1. The smallest absolute Gasteiger partial charge is 0.238 e. The third-order valence-corrected chi connectivity index (χ3v) is 7.30. The fourth-order valence-electron chi connectivity index (χ4n) is 3.69. The van der Waals surface area contributed by atoms with Crippen LogP contribution in [0, 0.1) is 11.3 Å². The number of anilines is 2. The van der Waals surface area contributed by atoms with Crippen molar-refractivity contribution in [2.75, 3.05) is 37.0 Å². The molecule has 8 heteroatoms. The SMILES string of the molecule is CSc1ccccc1NC(=O)CN(C)CCC(=O)Nc1sc2c(c1C#N)CCCCC2. The number of nitrogens with one attached hydrogen (secondary N) is 2. The lowest BCUT2D eigenvalue weighted by Gasteiger charge is -2.16. The average Bonchev–Trinajstić information content (AvgIpc) is 2.91. The summed E-state index contributed by atoms with van der Waals surface area (Å²) in [5.41, 5.74) is 2.56. The van der Waals surface area contributed by atoms with Gasteiger partial charge in [-0.15, -0.1) is 23.1 Å². The van der Waals surface area contributed by atoms with E-state index >= 15 is 0 Å². The van der Waals surface area contributed by atoms with Gasteiger partial charge in [-0.05, 0) is 56.7 Å². The summed E-state index contributed by atoms with van der Waals surface area (Å²) in [7, 11) is 1.82. The zero-order chi connectivity index (χ0) is 22.2. The summed E-state index contributed by atoms with van der Waals surface area (Å²) in [6.07, 6.45) is 7.57. The molecule has 1 aliphatic rings. The molecule has 0 fully saturated rings. The van der Waals surface area contributed by atoms with E-state index in [-0.39, 0.29) is 24.8 Å². The number of nitrogens with zero attached hydrogens (tertiary/aromatic N) is 2. The Morgan fingerprint density at radius 1 is 1.16 bits per heavy atom. The Morgan fingerprint density at radius 3 is 2.71 bits per heavy atom. The van der Waals surface area contributed by atoms with Gasteiger partial charge in [-0.1, -0.05) is 18.6 Å². The van der Waals surface area contributed by atoms with Crippen LogP contribution in [0.3, 0.4) is 0 Å². The summed E-state index contributed by atoms with van der Waals surface area (Å²) in [5, 5.41) is 16.1. The maximum absolute atomic E-state index is 12.5. The van der Waals surface area contributed by atoms with Gasteiger partial charge in [0.1, 0.15) is 11.1 Å². The first-order valence-electron chi connectivity index (χ1n) is 10.5. The molecule has 1 aromatic heterocycles. The Hall–Kier alpha value is -2.34. The van der Waals surface area contributed by atoms with E-state index in [1.54, 1.807) is 23.1 Å². The Morgan fingerprint density at radius 2 is 1.94 bits per heavy atom. The maximum Gasteiger partial charge on any atom is 0.238 e. The number of rotatable bonds is 8. The average molecular weight is 457 g/mol. The molecule has 2 N–H and O–H groups in total. The van der Waals surface area contributed by atoms with Gasteiger partial charge < -0.3 is 10.6 Å². The Balaban J connectivity index is 1.49. The molecule has 1 heterocycles. The molecule has 0 aliphatic heterocycles. The normalized spacial score (nSPS) is 13.2. The van der Waals surface area contributed by atoms with Gasteiger partial charge in [-0.2, -0.15) is 5.26 Å². The number of para-hydroxylation sites is 1. The number of likely N-dealkylation sites (N-methyl/N-ethyl adjacent to an activating group) is 1. The summed E-state index contributed by atoms with van der Waals surface area (Å²) < 4.78 is 0. The number of carbonyl (C=O) groups is 2. The van der Waals surface area contributed by atoms with E-state index < -0.39 is 0 Å². The van der Waals surface area contributed by atoms with Gasteiger partial charge in [0.05, 0.1) is 17.8 Å². The highest BCUT2D eigenvalue weighted by atomic mass is 32.2. The fraction of sp³-hybridized carbons (Fsp3) is 0.435. The van der Waals surface area contributed by atoms with Gasteiger partial charge in [-0.25, -0.2) is 0 Å². The highest BCUT2D eigenvalue weighted by Crippen LogP contribution is 2.37. The molecule has 0 unspecified atom stereocenters. The summed E-state index contributed by atoms with van der Waals surface area (Å²) in [4.78, 5) is 28.9. The molecule has 2 aromatic rings. The Labute approximate surface area is 192 Å². The molecule has 6 nitrogen and oxygen atoms in total. The molecule has 2 amide bonds. The topological polar surface area (TPSA) is 85.2 Å². The van der Waals surface area contributed by atoms with Crippen LogP contribution in [0.25, 0.3) is 0 Å². The van der Waals surface area contributed by atoms with E-state index in [0.29, 0.717) is 17.1 Å². The minimum absolute atomic E-state index is 0.113. The molecule has 0 spiro atoms. The van der Waals surface area contributed by atoms with E-state index in [1.165, 1.54) is 11.3 Å². The number of fused-ring (bicyclic) bond motifs is 1. The number of hydrogen-bond acceptors (Lipinski definition) is 6. The lowest BCUT2D eigenvalue weighted by Crippen LogP contribution is -2.32. The second-order valence-electron chi connectivity index (χ2n) is 7.66.